The van der Waals surface area contributed by atoms with Gasteiger partial charge in [-0.25, -0.2) is 9.18 Å². The molecule has 1 atom stereocenters. The van der Waals surface area contributed by atoms with Crippen LogP contribution in [-0.2, 0) is 6.54 Å². The van der Waals surface area contributed by atoms with Crippen molar-refractivity contribution in [3.8, 4) is 5.75 Å². The Morgan fingerprint density at radius 3 is 2.81 bits per heavy atom. The quantitative estimate of drug-likeness (QED) is 0.463. The normalized spacial score (nSPS) is 16.2. The minimum Gasteiger partial charge on any atom is -0.491 e. The van der Waals surface area contributed by atoms with Gasteiger partial charge in [-0.05, 0) is 53.1 Å². The van der Waals surface area contributed by atoms with Crippen molar-refractivity contribution in [2.45, 2.75) is 25.4 Å². The largest absolute Gasteiger partial charge is 0.491 e. The molecule has 1 aliphatic rings. The number of ether oxygens (including phenoxy) is 1. The van der Waals surface area contributed by atoms with Crippen LogP contribution in [0.1, 0.15) is 18.4 Å². The predicted octanol–water partition coefficient (Wildman–Crippen LogP) is 4.14. The second-order valence-electron chi connectivity index (χ2n) is 8.07. The number of hydrogen-bond acceptors (Lipinski definition) is 4. The van der Waals surface area contributed by atoms with Gasteiger partial charge in [0, 0.05) is 38.7 Å². The smallest absolute Gasteiger partial charge is 0.319 e. The lowest BCUT2D eigenvalue weighted by Gasteiger charge is -2.18. The molecule has 1 saturated heterocycles. The first-order valence-electron chi connectivity index (χ1n) is 10.9. The number of benzene rings is 3. The maximum absolute atomic E-state index is 13.4. The zero-order valence-electron chi connectivity index (χ0n) is 17.9. The summed E-state index contributed by atoms with van der Waals surface area (Å²) in [6, 6.07) is 18.0. The molecule has 0 radical (unpaired) electrons. The molecule has 1 unspecified atom stereocenters. The molecule has 0 aromatic heterocycles. The number of anilines is 1. The molecule has 3 aromatic carbocycles. The summed E-state index contributed by atoms with van der Waals surface area (Å²) in [7, 11) is 0. The SMILES string of the molecule is O=C(Nc1ccccc1OCCCO)NC1CCN(Cc2ccc3cc(F)ccc3c2)C1. The zero-order valence-corrected chi connectivity index (χ0v) is 17.9. The molecule has 6 nitrogen and oxygen atoms in total. The van der Waals surface area contributed by atoms with Gasteiger partial charge in [-0.3, -0.25) is 4.90 Å². The molecule has 1 fully saturated rings. The van der Waals surface area contributed by atoms with Gasteiger partial charge in [0.2, 0.25) is 0 Å². The van der Waals surface area contributed by atoms with Gasteiger partial charge < -0.3 is 20.5 Å². The number of rotatable bonds is 8. The van der Waals surface area contributed by atoms with Crippen molar-refractivity contribution in [1.29, 1.82) is 0 Å². The highest BCUT2D eigenvalue weighted by atomic mass is 19.1. The van der Waals surface area contributed by atoms with Crippen molar-refractivity contribution in [2.24, 2.45) is 0 Å². The fourth-order valence-corrected chi connectivity index (χ4v) is 4.00. The molecule has 0 saturated carbocycles. The van der Waals surface area contributed by atoms with Gasteiger partial charge in [0.25, 0.3) is 0 Å². The fourth-order valence-electron chi connectivity index (χ4n) is 4.00. The van der Waals surface area contributed by atoms with Gasteiger partial charge in [0.15, 0.2) is 0 Å². The molecule has 3 aromatic rings. The number of fused-ring (bicyclic) bond motifs is 1. The topological polar surface area (TPSA) is 73.8 Å². The third kappa shape index (κ3) is 5.75. The van der Waals surface area contributed by atoms with Crippen LogP contribution in [-0.4, -0.2) is 48.4 Å². The van der Waals surface area contributed by atoms with Crippen molar-refractivity contribution in [3.63, 3.8) is 0 Å². The number of urea groups is 1. The van der Waals surface area contributed by atoms with E-state index in [1.54, 1.807) is 24.3 Å². The minimum absolute atomic E-state index is 0.0615. The van der Waals surface area contributed by atoms with Crippen LogP contribution in [0.2, 0.25) is 0 Å². The Bertz CT molecular complexity index is 1080. The number of nitrogens with one attached hydrogen (secondary N) is 2. The summed E-state index contributed by atoms with van der Waals surface area (Å²) >= 11 is 0. The summed E-state index contributed by atoms with van der Waals surface area (Å²) in [5, 5.41) is 16.7. The van der Waals surface area contributed by atoms with Gasteiger partial charge in [-0.15, -0.1) is 0 Å². The molecule has 0 aliphatic carbocycles. The summed E-state index contributed by atoms with van der Waals surface area (Å²) in [4.78, 5) is 14.8. The van der Waals surface area contributed by atoms with E-state index in [4.69, 9.17) is 9.84 Å². The van der Waals surface area contributed by atoms with Gasteiger partial charge in [0.1, 0.15) is 11.6 Å². The fraction of sp³-hybridized carbons (Fsp3) is 0.320. The molecular formula is C25H28FN3O3. The monoisotopic (exact) mass is 437 g/mol. The van der Waals surface area contributed by atoms with Crippen LogP contribution in [0.4, 0.5) is 14.9 Å². The average Bonchev–Trinajstić information content (AvgIpc) is 3.21. The van der Waals surface area contributed by atoms with Gasteiger partial charge in [-0.1, -0.05) is 30.3 Å². The van der Waals surface area contributed by atoms with E-state index in [0.29, 0.717) is 24.5 Å². The third-order valence-electron chi connectivity index (χ3n) is 5.58. The third-order valence-corrected chi connectivity index (χ3v) is 5.58. The van der Waals surface area contributed by atoms with Gasteiger partial charge in [-0.2, -0.15) is 0 Å². The molecule has 7 heteroatoms. The number of halogens is 1. The molecule has 3 N–H and O–H groups in total. The summed E-state index contributed by atoms with van der Waals surface area (Å²) in [6.07, 6.45) is 1.41. The second-order valence-corrected chi connectivity index (χ2v) is 8.07. The van der Waals surface area contributed by atoms with E-state index < -0.39 is 0 Å². The standard InChI is InChI=1S/C25H28FN3O3/c26-21-9-8-19-14-18(6-7-20(19)15-21)16-29-11-10-22(17-29)27-25(31)28-23-4-1-2-5-24(23)32-13-3-12-30/h1-2,4-9,14-15,22,30H,3,10-13,16-17H2,(H2,27,28,31). The summed E-state index contributed by atoms with van der Waals surface area (Å²) in [6.45, 7) is 2.90. The van der Waals surface area contributed by atoms with E-state index in [1.807, 2.05) is 24.3 Å². The first-order valence-corrected chi connectivity index (χ1v) is 10.9. The Morgan fingerprint density at radius 1 is 1.12 bits per heavy atom. The number of amides is 2. The maximum atomic E-state index is 13.4. The number of carbonyl (C=O) groups excluding carboxylic acids is 1. The predicted molar refractivity (Wildman–Crippen MR) is 123 cm³/mol. The number of nitrogens with zero attached hydrogens (tertiary/aromatic N) is 1. The van der Waals surface area contributed by atoms with Crippen LogP contribution in [0.25, 0.3) is 10.8 Å². The van der Waals surface area contributed by atoms with Crippen molar-refractivity contribution < 1.29 is 19.0 Å². The number of carbonyl (C=O) groups is 1. The molecular weight excluding hydrogens is 409 g/mol. The van der Waals surface area contributed by atoms with E-state index in [-0.39, 0.29) is 24.5 Å². The molecule has 1 heterocycles. The Morgan fingerprint density at radius 2 is 1.94 bits per heavy atom. The zero-order chi connectivity index (χ0) is 22.3. The van der Waals surface area contributed by atoms with E-state index in [2.05, 4.69) is 21.6 Å². The van der Waals surface area contributed by atoms with Crippen molar-refractivity contribution >= 4 is 22.5 Å². The molecule has 1 aliphatic heterocycles. The van der Waals surface area contributed by atoms with Crippen LogP contribution >= 0.6 is 0 Å². The maximum Gasteiger partial charge on any atom is 0.319 e. The summed E-state index contributed by atoms with van der Waals surface area (Å²) < 4.78 is 19.0. The summed E-state index contributed by atoms with van der Waals surface area (Å²) in [5.41, 5.74) is 1.77. The number of hydrogen-bond donors (Lipinski definition) is 3. The highest BCUT2D eigenvalue weighted by Crippen LogP contribution is 2.24. The first-order chi connectivity index (χ1) is 15.6. The van der Waals surface area contributed by atoms with Crippen LogP contribution in [0.5, 0.6) is 5.75 Å². The molecule has 4 rings (SSSR count). The average molecular weight is 438 g/mol. The minimum atomic E-state index is -0.261. The van der Waals surface area contributed by atoms with E-state index in [1.165, 1.54) is 11.6 Å². The number of para-hydroxylation sites is 2. The van der Waals surface area contributed by atoms with Crippen molar-refractivity contribution in [1.82, 2.24) is 10.2 Å². The van der Waals surface area contributed by atoms with E-state index in [9.17, 15) is 9.18 Å². The van der Waals surface area contributed by atoms with Crippen LogP contribution < -0.4 is 15.4 Å². The Kier molecular flexibility index (Phi) is 7.19. The second kappa shape index (κ2) is 10.4. The Balaban J connectivity index is 1.29. The lowest BCUT2D eigenvalue weighted by atomic mass is 10.1. The number of aliphatic hydroxyl groups is 1. The lowest BCUT2D eigenvalue weighted by molar-refractivity contribution is 0.233. The number of likely N-dealkylation sites (tertiary alicyclic amines) is 1. The molecule has 168 valence electrons. The van der Waals surface area contributed by atoms with Gasteiger partial charge >= 0.3 is 6.03 Å². The first kappa shape index (κ1) is 22.0. The van der Waals surface area contributed by atoms with E-state index in [0.717, 1.165) is 36.8 Å². The van der Waals surface area contributed by atoms with Crippen molar-refractivity contribution in [2.75, 3.05) is 31.6 Å². The van der Waals surface area contributed by atoms with Crippen molar-refractivity contribution in [3.05, 3.63) is 72.0 Å². The lowest BCUT2D eigenvalue weighted by Crippen LogP contribution is -2.39. The molecule has 0 spiro atoms. The van der Waals surface area contributed by atoms with Crippen LogP contribution in [0.15, 0.2) is 60.7 Å². The van der Waals surface area contributed by atoms with Gasteiger partial charge in [0.05, 0.1) is 12.3 Å². The molecule has 2 amide bonds. The number of aliphatic hydroxyl groups excluding tert-OH is 1. The Labute approximate surface area is 187 Å². The van der Waals surface area contributed by atoms with Crippen LogP contribution in [0, 0.1) is 5.82 Å². The highest BCUT2D eigenvalue weighted by molar-refractivity contribution is 5.91. The molecule has 0 bridgehead atoms. The summed E-state index contributed by atoms with van der Waals surface area (Å²) in [5.74, 6) is 0.358. The van der Waals surface area contributed by atoms with Crippen LogP contribution in [0.3, 0.4) is 0 Å². The Hall–Kier alpha value is -3.16. The van der Waals surface area contributed by atoms with E-state index >= 15 is 0 Å². The molecule has 32 heavy (non-hydrogen) atoms. The highest BCUT2D eigenvalue weighted by Gasteiger charge is 2.24.